The van der Waals surface area contributed by atoms with Crippen molar-refractivity contribution in [2.24, 2.45) is 34.5 Å². The second-order valence-electron chi connectivity index (χ2n) is 10.2. The highest BCUT2D eigenvalue weighted by Crippen LogP contribution is 2.63. The predicted octanol–water partition coefficient (Wildman–Crippen LogP) is 4.28. The van der Waals surface area contributed by atoms with Gasteiger partial charge in [0.05, 0.1) is 6.61 Å². The Bertz CT molecular complexity index is 658. The van der Waals surface area contributed by atoms with Crippen molar-refractivity contribution < 1.29 is 24.2 Å². The van der Waals surface area contributed by atoms with E-state index in [9.17, 15) is 14.7 Å². The first-order valence-electron chi connectivity index (χ1n) is 11.2. The Balaban J connectivity index is 1.85. The number of hydrogen-bond donors (Lipinski definition) is 1. The van der Waals surface area contributed by atoms with Crippen LogP contribution in [0, 0.1) is 34.5 Å². The number of hydrogen-bond acceptors (Lipinski definition) is 5. The molecule has 1 N–H and O–H groups in total. The maximum atomic E-state index is 11.5. The summed E-state index contributed by atoms with van der Waals surface area (Å²) in [6.45, 7) is 12.4. The van der Waals surface area contributed by atoms with E-state index in [4.69, 9.17) is 9.47 Å². The third-order valence-electron chi connectivity index (χ3n) is 8.75. The van der Waals surface area contributed by atoms with E-state index in [2.05, 4.69) is 20.4 Å². The summed E-state index contributed by atoms with van der Waals surface area (Å²) in [7, 11) is 0. The van der Waals surface area contributed by atoms with Gasteiger partial charge in [0, 0.05) is 26.4 Å². The summed E-state index contributed by atoms with van der Waals surface area (Å²) < 4.78 is 11.0. The lowest BCUT2D eigenvalue weighted by atomic mass is 9.49. The molecule has 0 aromatic rings. The number of fused-ring (bicyclic) bond motifs is 1. The molecule has 3 aliphatic rings. The zero-order valence-corrected chi connectivity index (χ0v) is 18.5. The van der Waals surface area contributed by atoms with E-state index in [1.165, 1.54) is 19.4 Å². The van der Waals surface area contributed by atoms with Gasteiger partial charge in [-0.15, -0.1) is 0 Å². The Morgan fingerprint density at radius 3 is 2.45 bits per heavy atom. The van der Waals surface area contributed by atoms with Crippen LogP contribution in [0.4, 0.5) is 0 Å². The molecule has 0 bridgehead atoms. The molecular formula is C24H38O5. The van der Waals surface area contributed by atoms with E-state index in [1.54, 1.807) is 0 Å². The predicted molar refractivity (Wildman–Crippen MR) is 111 cm³/mol. The average molecular weight is 407 g/mol. The SMILES string of the molecule is C=C1CC[C@H]2[C@H](CO)[C@@H]([C@@]3(C)CC[C@H](OC(C)=O)C[C@@H]3COC(C)=O)CC[C@]12C. The second kappa shape index (κ2) is 8.41. The van der Waals surface area contributed by atoms with Crippen molar-refractivity contribution in [2.45, 2.75) is 78.7 Å². The molecule has 0 spiro atoms. The van der Waals surface area contributed by atoms with Crippen molar-refractivity contribution in [3.8, 4) is 0 Å². The number of aliphatic hydroxyl groups excluding tert-OH is 1. The highest BCUT2D eigenvalue weighted by molar-refractivity contribution is 5.66. The maximum absolute atomic E-state index is 11.5. The summed E-state index contributed by atoms with van der Waals surface area (Å²) in [4.78, 5) is 23.0. The molecule has 3 aliphatic carbocycles. The van der Waals surface area contributed by atoms with Gasteiger partial charge in [-0.1, -0.05) is 26.0 Å². The lowest BCUT2D eigenvalue weighted by Gasteiger charge is -2.56. The Hall–Kier alpha value is -1.36. The summed E-state index contributed by atoms with van der Waals surface area (Å²) in [5, 5.41) is 10.4. The summed E-state index contributed by atoms with van der Waals surface area (Å²) in [6.07, 6.45) is 6.69. The number of carbonyl (C=O) groups excluding carboxylic acids is 2. The fourth-order valence-electron chi connectivity index (χ4n) is 6.95. The zero-order chi connectivity index (χ0) is 21.4. The maximum Gasteiger partial charge on any atom is 0.302 e. The van der Waals surface area contributed by atoms with E-state index >= 15 is 0 Å². The molecule has 3 saturated carbocycles. The van der Waals surface area contributed by atoms with Crippen molar-refractivity contribution in [1.29, 1.82) is 0 Å². The molecule has 29 heavy (non-hydrogen) atoms. The van der Waals surface area contributed by atoms with Crippen molar-refractivity contribution >= 4 is 11.9 Å². The first-order chi connectivity index (χ1) is 13.6. The molecule has 5 heteroatoms. The molecule has 0 aromatic heterocycles. The smallest absolute Gasteiger partial charge is 0.302 e. The van der Waals surface area contributed by atoms with Crippen LogP contribution in [0.1, 0.15) is 72.6 Å². The number of carbonyl (C=O) groups is 2. The van der Waals surface area contributed by atoms with E-state index in [0.29, 0.717) is 24.9 Å². The minimum Gasteiger partial charge on any atom is -0.466 e. The van der Waals surface area contributed by atoms with Gasteiger partial charge in [-0.25, -0.2) is 0 Å². The van der Waals surface area contributed by atoms with Crippen LogP contribution in [0.5, 0.6) is 0 Å². The van der Waals surface area contributed by atoms with Gasteiger partial charge in [-0.05, 0) is 73.5 Å². The largest absolute Gasteiger partial charge is 0.466 e. The summed E-state index contributed by atoms with van der Waals surface area (Å²) >= 11 is 0. The quantitative estimate of drug-likeness (QED) is 0.545. The van der Waals surface area contributed by atoms with Gasteiger partial charge in [0.1, 0.15) is 6.10 Å². The van der Waals surface area contributed by atoms with Crippen molar-refractivity contribution in [1.82, 2.24) is 0 Å². The van der Waals surface area contributed by atoms with Gasteiger partial charge in [0.15, 0.2) is 0 Å². The molecule has 5 nitrogen and oxygen atoms in total. The van der Waals surface area contributed by atoms with Crippen molar-refractivity contribution in [2.75, 3.05) is 13.2 Å². The Labute approximate surface area is 175 Å². The van der Waals surface area contributed by atoms with Crippen LogP contribution in [0.15, 0.2) is 12.2 Å². The Morgan fingerprint density at radius 1 is 1.10 bits per heavy atom. The number of rotatable bonds is 5. The van der Waals surface area contributed by atoms with E-state index in [1.807, 2.05) is 0 Å². The van der Waals surface area contributed by atoms with Crippen LogP contribution in [0.25, 0.3) is 0 Å². The molecule has 0 amide bonds. The van der Waals surface area contributed by atoms with Gasteiger partial charge in [0.2, 0.25) is 0 Å². The molecular weight excluding hydrogens is 368 g/mol. The van der Waals surface area contributed by atoms with Gasteiger partial charge < -0.3 is 14.6 Å². The van der Waals surface area contributed by atoms with Crippen molar-refractivity contribution in [3.63, 3.8) is 0 Å². The minimum atomic E-state index is -0.274. The van der Waals surface area contributed by atoms with Crippen LogP contribution in [-0.4, -0.2) is 36.4 Å². The molecule has 0 saturated heterocycles. The van der Waals surface area contributed by atoms with E-state index in [-0.39, 0.29) is 47.3 Å². The monoisotopic (exact) mass is 406 g/mol. The van der Waals surface area contributed by atoms with Gasteiger partial charge in [-0.2, -0.15) is 0 Å². The highest BCUT2D eigenvalue weighted by Gasteiger charge is 2.57. The standard InChI is InChI=1S/C24H38O5/c1-15-6-7-21-20(13-25)22(9-11-23(15,21)4)24(5)10-8-19(29-17(3)27)12-18(24)14-28-16(2)26/h18-22,25H,1,6-14H2,2-5H3/t18-,19+,20+,21+,22+,23-,24+/m1/s1. The minimum absolute atomic E-state index is 0.0508. The molecule has 0 aliphatic heterocycles. The molecule has 3 fully saturated rings. The lowest BCUT2D eigenvalue weighted by Crippen LogP contribution is -2.52. The summed E-state index contributed by atoms with van der Waals surface area (Å²) in [5.41, 5.74) is 1.44. The van der Waals surface area contributed by atoms with Crippen LogP contribution < -0.4 is 0 Å². The van der Waals surface area contributed by atoms with Crippen molar-refractivity contribution in [3.05, 3.63) is 12.2 Å². The fourth-order valence-corrected chi connectivity index (χ4v) is 6.95. The highest BCUT2D eigenvalue weighted by atomic mass is 16.5. The van der Waals surface area contributed by atoms with E-state index in [0.717, 1.165) is 38.5 Å². The average Bonchev–Trinajstić information content (AvgIpc) is 2.96. The molecule has 0 heterocycles. The Kier molecular flexibility index (Phi) is 6.47. The third kappa shape index (κ3) is 4.12. The summed E-state index contributed by atoms with van der Waals surface area (Å²) in [6, 6.07) is 0. The number of allylic oxidation sites excluding steroid dienone is 1. The number of aliphatic hydroxyl groups is 1. The van der Waals surface area contributed by atoms with E-state index < -0.39 is 0 Å². The van der Waals surface area contributed by atoms with Crippen LogP contribution >= 0.6 is 0 Å². The number of ether oxygens (including phenoxy) is 2. The zero-order valence-electron chi connectivity index (χ0n) is 18.5. The number of esters is 2. The molecule has 0 unspecified atom stereocenters. The normalized spacial score (nSPS) is 42.2. The molecule has 3 rings (SSSR count). The first-order valence-corrected chi connectivity index (χ1v) is 11.2. The Morgan fingerprint density at radius 2 is 1.83 bits per heavy atom. The second-order valence-corrected chi connectivity index (χ2v) is 10.2. The molecule has 7 atom stereocenters. The lowest BCUT2D eigenvalue weighted by molar-refractivity contribution is -0.162. The third-order valence-corrected chi connectivity index (χ3v) is 8.75. The van der Waals surface area contributed by atoms with Gasteiger partial charge in [-0.3, -0.25) is 9.59 Å². The van der Waals surface area contributed by atoms with Crippen LogP contribution in [-0.2, 0) is 19.1 Å². The van der Waals surface area contributed by atoms with Gasteiger partial charge in [0.25, 0.3) is 0 Å². The van der Waals surface area contributed by atoms with Gasteiger partial charge >= 0.3 is 11.9 Å². The summed E-state index contributed by atoms with van der Waals surface area (Å²) in [5.74, 6) is 0.673. The fraction of sp³-hybridized carbons (Fsp3) is 0.833. The topological polar surface area (TPSA) is 72.8 Å². The van der Waals surface area contributed by atoms with Crippen LogP contribution in [0.2, 0.25) is 0 Å². The molecule has 0 aromatic carbocycles. The molecule has 0 radical (unpaired) electrons. The molecule has 164 valence electrons. The first kappa shape index (κ1) is 22.3. The van der Waals surface area contributed by atoms with Crippen LogP contribution in [0.3, 0.4) is 0 Å².